The summed E-state index contributed by atoms with van der Waals surface area (Å²) in [5.74, 6) is -0.165. The summed E-state index contributed by atoms with van der Waals surface area (Å²) in [7, 11) is 0. The molecule has 2 aromatic rings. The number of nitrogens with one attached hydrogen (secondary N) is 1. The molecule has 0 amide bonds. The second-order valence-electron chi connectivity index (χ2n) is 11.0. The molecular formula is C30H37ClN2O5. The fourth-order valence-corrected chi connectivity index (χ4v) is 5.06. The standard InChI is InChI=1S/C30H36N2O5.ClH/c1-30(2,16-21-13-23-5-3-4-6-24(23)14-21)32-18-26(37-29(35)22-10-11-22)19-36-27-15-20(8-12-28(33)34)7-9-25(27)17-31;/h3-7,9,15,21-22,26,32H,8,10-14,16,18-19H2,1-2H3,(H,33,34);1H/t26-;/m1./s1. The van der Waals surface area contributed by atoms with Crippen molar-refractivity contribution in [2.75, 3.05) is 13.2 Å². The Kier molecular flexibility index (Phi) is 10.2. The van der Waals surface area contributed by atoms with E-state index < -0.39 is 12.1 Å². The first-order chi connectivity index (χ1) is 17.7. The highest BCUT2D eigenvalue weighted by Crippen LogP contribution is 2.33. The molecule has 1 fully saturated rings. The number of halogens is 1. The number of aliphatic carboxylic acids is 1. The molecule has 0 radical (unpaired) electrons. The second-order valence-corrected chi connectivity index (χ2v) is 11.0. The van der Waals surface area contributed by atoms with E-state index in [1.807, 2.05) is 0 Å². The van der Waals surface area contributed by atoms with Crippen LogP contribution in [0.1, 0.15) is 61.8 Å². The van der Waals surface area contributed by atoms with Gasteiger partial charge >= 0.3 is 11.9 Å². The lowest BCUT2D eigenvalue weighted by Gasteiger charge is -2.31. The first kappa shape index (κ1) is 29.5. The van der Waals surface area contributed by atoms with Crippen molar-refractivity contribution in [2.24, 2.45) is 11.8 Å². The van der Waals surface area contributed by atoms with E-state index >= 15 is 0 Å². The zero-order valence-electron chi connectivity index (χ0n) is 22.1. The van der Waals surface area contributed by atoms with E-state index in [2.05, 4.69) is 49.5 Å². The van der Waals surface area contributed by atoms with Gasteiger partial charge in [0.15, 0.2) is 0 Å². The number of ether oxygens (including phenoxy) is 2. The third-order valence-electron chi connectivity index (χ3n) is 7.16. The van der Waals surface area contributed by atoms with Crippen LogP contribution in [0.5, 0.6) is 5.75 Å². The van der Waals surface area contributed by atoms with E-state index in [9.17, 15) is 14.9 Å². The summed E-state index contributed by atoms with van der Waals surface area (Å²) in [5, 5.41) is 22.1. The van der Waals surface area contributed by atoms with E-state index in [0.717, 1.165) is 37.7 Å². The molecule has 7 nitrogen and oxygen atoms in total. The Morgan fingerprint density at radius 3 is 2.45 bits per heavy atom. The van der Waals surface area contributed by atoms with Gasteiger partial charge in [-0.15, -0.1) is 12.4 Å². The Morgan fingerprint density at radius 2 is 1.84 bits per heavy atom. The van der Waals surface area contributed by atoms with Gasteiger partial charge in [-0.2, -0.15) is 5.26 Å². The number of fused-ring (bicyclic) bond motifs is 1. The molecule has 0 spiro atoms. The Bertz CT molecular complexity index is 1150. The highest BCUT2D eigenvalue weighted by molar-refractivity contribution is 5.85. The van der Waals surface area contributed by atoms with Crippen LogP contribution in [-0.4, -0.2) is 41.8 Å². The summed E-state index contributed by atoms with van der Waals surface area (Å²) in [4.78, 5) is 23.4. The fourth-order valence-electron chi connectivity index (χ4n) is 5.06. The number of aryl methyl sites for hydroxylation is 1. The van der Waals surface area contributed by atoms with Crippen molar-refractivity contribution >= 4 is 24.3 Å². The molecule has 2 aromatic carbocycles. The third-order valence-corrected chi connectivity index (χ3v) is 7.16. The SMILES string of the molecule is CC(C)(CC1Cc2ccccc2C1)NC[C@H](COc1cc(CCC(=O)O)ccc1C#N)OC(=O)C1CC1.Cl. The van der Waals surface area contributed by atoms with Crippen molar-refractivity contribution in [2.45, 2.75) is 70.4 Å². The largest absolute Gasteiger partial charge is 0.488 e. The first-order valence-corrected chi connectivity index (χ1v) is 13.1. The molecule has 38 heavy (non-hydrogen) atoms. The number of carbonyl (C=O) groups excluding carboxylic acids is 1. The number of carboxylic acids is 1. The number of carbonyl (C=O) groups is 2. The van der Waals surface area contributed by atoms with Crippen molar-refractivity contribution in [1.29, 1.82) is 5.26 Å². The van der Waals surface area contributed by atoms with Crippen molar-refractivity contribution < 1.29 is 24.2 Å². The normalized spacial score (nSPS) is 15.6. The summed E-state index contributed by atoms with van der Waals surface area (Å²) in [5.41, 5.74) is 3.85. The first-order valence-electron chi connectivity index (χ1n) is 13.1. The molecule has 0 heterocycles. The monoisotopic (exact) mass is 540 g/mol. The number of nitriles is 1. The molecule has 2 N–H and O–H groups in total. The van der Waals surface area contributed by atoms with Crippen LogP contribution in [0.25, 0.3) is 0 Å². The van der Waals surface area contributed by atoms with Crippen LogP contribution in [-0.2, 0) is 33.6 Å². The zero-order chi connectivity index (χ0) is 26.4. The van der Waals surface area contributed by atoms with Crippen molar-refractivity contribution in [3.63, 3.8) is 0 Å². The molecule has 204 valence electrons. The van der Waals surface area contributed by atoms with Crippen LogP contribution < -0.4 is 10.1 Å². The minimum absolute atomic E-state index is 0. The Balaban J connectivity index is 0.00000400. The van der Waals surface area contributed by atoms with E-state index in [0.29, 0.717) is 30.2 Å². The van der Waals surface area contributed by atoms with E-state index in [4.69, 9.17) is 14.6 Å². The van der Waals surface area contributed by atoms with Gasteiger partial charge in [0.05, 0.1) is 11.5 Å². The maximum absolute atomic E-state index is 12.5. The number of carboxylic acid groups (broad SMARTS) is 1. The van der Waals surface area contributed by atoms with Crippen LogP contribution in [0.4, 0.5) is 0 Å². The minimum atomic E-state index is -0.881. The van der Waals surface area contributed by atoms with Gasteiger partial charge in [0.2, 0.25) is 0 Å². The molecule has 0 saturated heterocycles. The van der Waals surface area contributed by atoms with Gasteiger partial charge in [-0.05, 0) is 87.1 Å². The van der Waals surface area contributed by atoms with Gasteiger partial charge in [0.1, 0.15) is 24.5 Å². The second kappa shape index (κ2) is 13.1. The van der Waals surface area contributed by atoms with Gasteiger partial charge in [-0.1, -0.05) is 30.3 Å². The number of rotatable bonds is 13. The lowest BCUT2D eigenvalue weighted by molar-refractivity contribution is -0.152. The summed E-state index contributed by atoms with van der Waals surface area (Å²) in [6.45, 7) is 4.89. The molecule has 1 atom stereocenters. The molecular weight excluding hydrogens is 504 g/mol. The maximum atomic E-state index is 12.5. The summed E-state index contributed by atoms with van der Waals surface area (Å²) in [6, 6.07) is 15.8. The zero-order valence-corrected chi connectivity index (χ0v) is 22.9. The van der Waals surface area contributed by atoms with E-state index in [1.165, 1.54) is 11.1 Å². The summed E-state index contributed by atoms with van der Waals surface area (Å²) < 4.78 is 11.8. The highest BCUT2D eigenvalue weighted by Gasteiger charge is 2.34. The number of hydrogen-bond donors (Lipinski definition) is 2. The summed E-state index contributed by atoms with van der Waals surface area (Å²) in [6.07, 6.45) is 4.71. The van der Waals surface area contributed by atoms with Crippen molar-refractivity contribution in [1.82, 2.24) is 5.32 Å². The lowest BCUT2D eigenvalue weighted by Crippen LogP contribution is -2.47. The van der Waals surface area contributed by atoms with Gasteiger partial charge in [-0.25, -0.2) is 0 Å². The van der Waals surface area contributed by atoms with Gasteiger partial charge in [0.25, 0.3) is 0 Å². The predicted octanol–water partition coefficient (Wildman–Crippen LogP) is 4.87. The molecule has 2 aliphatic carbocycles. The van der Waals surface area contributed by atoms with E-state index in [1.54, 1.807) is 18.2 Å². The molecule has 0 bridgehead atoms. The number of hydrogen-bond acceptors (Lipinski definition) is 6. The average Bonchev–Trinajstić information content (AvgIpc) is 3.64. The molecule has 0 unspecified atom stereocenters. The van der Waals surface area contributed by atoms with Gasteiger partial charge in [0, 0.05) is 18.5 Å². The third kappa shape index (κ3) is 8.47. The maximum Gasteiger partial charge on any atom is 0.309 e. The number of esters is 1. The summed E-state index contributed by atoms with van der Waals surface area (Å²) >= 11 is 0. The number of benzene rings is 2. The van der Waals surface area contributed by atoms with Crippen LogP contribution in [0.2, 0.25) is 0 Å². The molecule has 1 saturated carbocycles. The topological polar surface area (TPSA) is 109 Å². The minimum Gasteiger partial charge on any atom is -0.488 e. The Hall–Kier alpha value is -3.08. The van der Waals surface area contributed by atoms with Gasteiger partial charge in [-0.3, -0.25) is 9.59 Å². The molecule has 8 heteroatoms. The van der Waals surface area contributed by atoms with Crippen LogP contribution >= 0.6 is 12.4 Å². The van der Waals surface area contributed by atoms with Crippen LogP contribution in [0.15, 0.2) is 42.5 Å². The highest BCUT2D eigenvalue weighted by atomic mass is 35.5. The van der Waals surface area contributed by atoms with Crippen LogP contribution in [0.3, 0.4) is 0 Å². The predicted molar refractivity (Wildman–Crippen MR) is 146 cm³/mol. The van der Waals surface area contributed by atoms with E-state index in [-0.39, 0.29) is 42.9 Å². The van der Waals surface area contributed by atoms with Gasteiger partial charge < -0.3 is 19.9 Å². The fraction of sp³-hybridized carbons (Fsp3) is 0.500. The smallest absolute Gasteiger partial charge is 0.309 e. The molecule has 2 aliphatic rings. The quantitative estimate of drug-likeness (QED) is 0.349. The number of nitrogens with zero attached hydrogens (tertiary/aromatic N) is 1. The molecule has 4 rings (SSSR count). The van der Waals surface area contributed by atoms with Crippen molar-refractivity contribution in [3.8, 4) is 11.8 Å². The molecule has 0 aromatic heterocycles. The van der Waals surface area contributed by atoms with Crippen molar-refractivity contribution in [3.05, 3.63) is 64.7 Å². The lowest BCUT2D eigenvalue weighted by atomic mass is 9.88. The molecule has 0 aliphatic heterocycles. The average molecular weight is 541 g/mol. The Morgan fingerprint density at radius 1 is 1.16 bits per heavy atom. The Labute approximate surface area is 230 Å². The van der Waals surface area contributed by atoms with Crippen LogP contribution in [0, 0.1) is 23.2 Å².